The van der Waals surface area contributed by atoms with Crippen molar-refractivity contribution >= 4 is 15.8 Å². The highest BCUT2D eigenvalue weighted by Crippen LogP contribution is 2.34. The number of benzene rings is 1. The molecule has 2 aliphatic rings. The lowest BCUT2D eigenvalue weighted by molar-refractivity contribution is -0.00213. The number of rotatable bonds is 8. The van der Waals surface area contributed by atoms with Gasteiger partial charge in [0.05, 0.1) is 19.0 Å². The highest BCUT2D eigenvalue weighted by Gasteiger charge is 2.33. The van der Waals surface area contributed by atoms with E-state index in [-0.39, 0.29) is 18.1 Å². The van der Waals surface area contributed by atoms with Crippen LogP contribution in [0, 0.1) is 5.92 Å². The number of ether oxygens (including phenoxy) is 1. The minimum atomic E-state index is -3.27. The average molecular weight is 472 g/mol. The Morgan fingerprint density at radius 2 is 1.82 bits per heavy atom. The number of nitrogens with one attached hydrogen (secondary N) is 1. The number of pyridine rings is 1. The van der Waals surface area contributed by atoms with E-state index in [1.165, 1.54) is 17.4 Å². The third-order valence-corrected chi connectivity index (χ3v) is 7.86. The summed E-state index contributed by atoms with van der Waals surface area (Å²) < 4.78 is 33.2. The fraction of sp³-hybridized carbons (Fsp3) is 0.577. The van der Waals surface area contributed by atoms with Crippen molar-refractivity contribution in [3.8, 4) is 0 Å². The zero-order valence-electron chi connectivity index (χ0n) is 19.8. The summed E-state index contributed by atoms with van der Waals surface area (Å²) in [6, 6.07) is 14.9. The van der Waals surface area contributed by atoms with Gasteiger partial charge in [0.25, 0.3) is 0 Å². The lowest BCUT2D eigenvalue weighted by atomic mass is 9.82. The second kappa shape index (κ2) is 11.0. The van der Waals surface area contributed by atoms with Crippen molar-refractivity contribution in [2.45, 2.75) is 63.5 Å². The van der Waals surface area contributed by atoms with E-state index in [4.69, 9.17) is 4.74 Å². The maximum atomic E-state index is 12.0. The highest BCUT2D eigenvalue weighted by molar-refractivity contribution is 7.88. The number of hydrogen-bond donors (Lipinski definition) is 1. The van der Waals surface area contributed by atoms with Gasteiger partial charge >= 0.3 is 0 Å². The summed E-state index contributed by atoms with van der Waals surface area (Å²) in [6.45, 7) is 4.21. The molecule has 7 heteroatoms. The van der Waals surface area contributed by atoms with Gasteiger partial charge in [0.2, 0.25) is 10.0 Å². The van der Waals surface area contributed by atoms with Gasteiger partial charge in [-0.05, 0) is 61.6 Å². The Morgan fingerprint density at radius 3 is 2.45 bits per heavy atom. The van der Waals surface area contributed by atoms with Gasteiger partial charge in [-0.3, -0.25) is 0 Å². The smallest absolute Gasteiger partial charge is 0.208 e. The third-order valence-electron chi connectivity index (χ3n) is 7.13. The molecule has 1 aliphatic carbocycles. The Balaban J connectivity index is 1.35. The molecule has 2 atom stereocenters. The maximum Gasteiger partial charge on any atom is 0.208 e. The Labute approximate surface area is 198 Å². The molecule has 1 aromatic carbocycles. The third kappa shape index (κ3) is 6.78. The lowest BCUT2D eigenvalue weighted by Gasteiger charge is -2.40. The standard InChI is InChI=1S/C26H37N3O3S/c1-3-20-9-14-26(27-17-20)29-16-15-25(28-33(2,30)31)23(18-29)19-32-24-12-10-22(11-13-24)21-7-5-4-6-8-21/h4-9,14,17,22-25,28H,3,10-13,15-16,18-19H2,1-2H3/t22?,23?,24?,25-/m0/s1. The first-order valence-electron chi connectivity index (χ1n) is 12.2. The van der Waals surface area contributed by atoms with E-state index in [0.717, 1.165) is 57.4 Å². The molecule has 0 amide bonds. The van der Waals surface area contributed by atoms with Crippen molar-refractivity contribution in [3.05, 3.63) is 59.8 Å². The first-order chi connectivity index (χ1) is 15.9. The molecule has 6 nitrogen and oxygen atoms in total. The van der Waals surface area contributed by atoms with Crippen LogP contribution >= 0.6 is 0 Å². The normalized spacial score (nSPS) is 26.3. The van der Waals surface area contributed by atoms with Crippen LogP contribution in [0.15, 0.2) is 48.7 Å². The zero-order chi connectivity index (χ0) is 23.3. The van der Waals surface area contributed by atoms with Crippen molar-refractivity contribution in [1.29, 1.82) is 0 Å². The van der Waals surface area contributed by atoms with Crippen LogP contribution in [0.3, 0.4) is 0 Å². The van der Waals surface area contributed by atoms with Gasteiger partial charge in [-0.1, -0.05) is 43.3 Å². The molecule has 1 aliphatic heterocycles. The predicted octanol–water partition coefficient (Wildman–Crippen LogP) is 4.13. The molecule has 0 radical (unpaired) electrons. The summed E-state index contributed by atoms with van der Waals surface area (Å²) in [5.74, 6) is 1.67. The van der Waals surface area contributed by atoms with Gasteiger partial charge < -0.3 is 9.64 Å². The molecule has 33 heavy (non-hydrogen) atoms. The lowest BCUT2D eigenvalue weighted by Crippen LogP contribution is -2.52. The van der Waals surface area contributed by atoms with E-state index in [2.05, 4.69) is 64.0 Å². The van der Waals surface area contributed by atoms with Crippen molar-refractivity contribution < 1.29 is 13.2 Å². The van der Waals surface area contributed by atoms with Crippen molar-refractivity contribution in [2.75, 3.05) is 30.9 Å². The van der Waals surface area contributed by atoms with Crippen LogP contribution in [-0.2, 0) is 21.2 Å². The largest absolute Gasteiger partial charge is 0.378 e. The number of piperidine rings is 1. The highest BCUT2D eigenvalue weighted by atomic mass is 32.2. The molecule has 1 saturated heterocycles. The van der Waals surface area contributed by atoms with Crippen LogP contribution in [0.2, 0.25) is 0 Å². The zero-order valence-corrected chi connectivity index (χ0v) is 20.6. The summed E-state index contributed by atoms with van der Waals surface area (Å²) >= 11 is 0. The van der Waals surface area contributed by atoms with E-state index in [0.29, 0.717) is 12.5 Å². The summed E-state index contributed by atoms with van der Waals surface area (Å²) in [5, 5.41) is 0. The van der Waals surface area contributed by atoms with E-state index in [9.17, 15) is 8.42 Å². The van der Waals surface area contributed by atoms with Crippen LogP contribution < -0.4 is 9.62 Å². The number of sulfonamides is 1. The van der Waals surface area contributed by atoms with Crippen molar-refractivity contribution in [3.63, 3.8) is 0 Å². The molecule has 1 aromatic heterocycles. The monoisotopic (exact) mass is 471 g/mol. The summed E-state index contributed by atoms with van der Waals surface area (Å²) in [7, 11) is -3.27. The molecule has 1 saturated carbocycles. The number of aromatic nitrogens is 1. The summed E-state index contributed by atoms with van der Waals surface area (Å²) in [6.07, 6.45) is 9.55. The Hall–Kier alpha value is -1.96. The van der Waals surface area contributed by atoms with Crippen LogP contribution in [0.25, 0.3) is 0 Å². The molecule has 2 fully saturated rings. The molecule has 180 valence electrons. The minimum Gasteiger partial charge on any atom is -0.378 e. The van der Waals surface area contributed by atoms with Crippen LogP contribution in [0.5, 0.6) is 0 Å². The molecule has 2 heterocycles. The van der Waals surface area contributed by atoms with Crippen LogP contribution in [-0.4, -0.2) is 51.5 Å². The Morgan fingerprint density at radius 1 is 1.06 bits per heavy atom. The molecule has 0 bridgehead atoms. The molecular formula is C26H37N3O3S. The summed E-state index contributed by atoms with van der Waals surface area (Å²) in [4.78, 5) is 6.90. The Kier molecular flexibility index (Phi) is 8.04. The maximum absolute atomic E-state index is 12.0. The second-order valence-electron chi connectivity index (χ2n) is 9.59. The SMILES string of the molecule is CCc1ccc(N2CC[C@H](NS(C)(=O)=O)C(COC3CCC(c4ccccc4)CC3)C2)nc1. The van der Waals surface area contributed by atoms with Gasteiger partial charge in [-0.25, -0.2) is 18.1 Å². The quantitative estimate of drug-likeness (QED) is 0.627. The number of hydrogen-bond acceptors (Lipinski definition) is 5. The van der Waals surface area contributed by atoms with Gasteiger partial charge in [0.1, 0.15) is 5.82 Å². The fourth-order valence-corrected chi connectivity index (χ4v) is 6.06. The number of aryl methyl sites for hydroxylation is 1. The van der Waals surface area contributed by atoms with Gasteiger partial charge in [0.15, 0.2) is 0 Å². The average Bonchev–Trinajstić information content (AvgIpc) is 2.83. The van der Waals surface area contributed by atoms with Crippen LogP contribution in [0.4, 0.5) is 5.82 Å². The van der Waals surface area contributed by atoms with Crippen molar-refractivity contribution in [1.82, 2.24) is 9.71 Å². The fourth-order valence-electron chi connectivity index (χ4n) is 5.20. The van der Waals surface area contributed by atoms with Crippen molar-refractivity contribution in [2.24, 2.45) is 5.92 Å². The number of nitrogens with zero attached hydrogens (tertiary/aromatic N) is 2. The first kappa shape index (κ1) is 24.2. The molecule has 2 aromatic rings. The van der Waals surface area contributed by atoms with E-state index >= 15 is 0 Å². The predicted molar refractivity (Wildman–Crippen MR) is 133 cm³/mol. The van der Waals surface area contributed by atoms with Gasteiger partial charge in [-0.15, -0.1) is 0 Å². The van der Waals surface area contributed by atoms with E-state index < -0.39 is 10.0 Å². The molecule has 1 N–H and O–H groups in total. The topological polar surface area (TPSA) is 71.5 Å². The minimum absolute atomic E-state index is 0.0907. The molecule has 0 spiro atoms. The van der Waals surface area contributed by atoms with E-state index in [1.807, 2.05) is 6.20 Å². The molecular weight excluding hydrogens is 434 g/mol. The first-order valence-corrected chi connectivity index (χ1v) is 14.1. The molecule has 4 rings (SSSR count). The van der Waals surface area contributed by atoms with Gasteiger partial charge in [-0.2, -0.15) is 0 Å². The van der Waals surface area contributed by atoms with Crippen LogP contribution in [0.1, 0.15) is 56.1 Å². The van der Waals surface area contributed by atoms with E-state index in [1.54, 1.807) is 0 Å². The summed E-state index contributed by atoms with van der Waals surface area (Å²) in [5.41, 5.74) is 2.65. The molecule has 1 unspecified atom stereocenters. The number of anilines is 1. The second-order valence-corrected chi connectivity index (χ2v) is 11.4. The Bertz CT molecular complexity index is 974. The van der Waals surface area contributed by atoms with Gasteiger partial charge in [0, 0.05) is 31.2 Å².